The minimum Gasteiger partial charge on any atom is -0.491 e. The van der Waals surface area contributed by atoms with Gasteiger partial charge in [-0.1, -0.05) is 31.2 Å². The maximum Gasteiger partial charge on any atom is 0.255 e. The number of anilines is 3. The Morgan fingerprint density at radius 3 is 2.26 bits per heavy atom. The Hall–Kier alpha value is -3.80. The van der Waals surface area contributed by atoms with Gasteiger partial charge >= 0.3 is 0 Å². The van der Waals surface area contributed by atoms with Gasteiger partial charge in [0.2, 0.25) is 5.91 Å². The van der Waals surface area contributed by atoms with Gasteiger partial charge in [-0.3, -0.25) is 9.59 Å². The van der Waals surface area contributed by atoms with E-state index in [9.17, 15) is 9.59 Å². The number of carbonyl (C=O) groups is 2. The third kappa shape index (κ3) is 6.89. The summed E-state index contributed by atoms with van der Waals surface area (Å²) in [4.78, 5) is 24.6. The summed E-state index contributed by atoms with van der Waals surface area (Å²) in [5, 5.41) is 8.78. The molecule has 0 saturated carbocycles. The van der Waals surface area contributed by atoms with E-state index in [4.69, 9.17) is 4.74 Å². The molecule has 6 heteroatoms. The smallest absolute Gasteiger partial charge is 0.255 e. The van der Waals surface area contributed by atoms with E-state index in [0.29, 0.717) is 16.9 Å². The molecule has 0 bridgehead atoms. The van der Waals surface area contributed by atoms with Gasteiger partial charge in [-0.25, -0.2) is 0 Å². The molecular weight excluding hydrogens is 390 g/mol. The lowest BCUT2D eigenvalue weighted by Gasteiger charge is -2.13. The largest absolute Gasteiger partial charge is 0.491 e. The minimum absolute atomic E-state index is 0.0984. The molecule has 0 saturated heterocycles. The van der Waals surface area contributed by atoms with Gasteiger partial charge in [-0.2, -0.15) is 0 Å². The van der Waals surface area contributed by atoms with Gasteiger partial charge in [0, 0.05) is 22.6 Å². The van der Waals surface area contributed by atoms with Crippen LogP contribution in [-0.2, 0) is 4.79 Å². The van der Waals surface area contributed by atoms with Crippen LogP contribution in [0.3, 0.4) is 0 Å². The van der Waals surface area contributed by atoms with Crippen molar-refractivity contribution in [1.82, 2.24) is 0 Å². The maximum atomic E-state index is 12.3. The minimum atomic E-state index is -0.184. The first kappa shape index (κ1) is 21.9. The van der Waals surface area contributed by atoms with Crippen molar-refractivity contribution in [3.05, 3.63) is 84.4 Å². The fourth-order valence-electron chi connectivity index (χ4n) is 2.82. The van der Waals surface area contributed by atoms with Crippen LogP contribution in [0.2, 0.25) is 0 Å². The van der Waals surface area contributed by atoms with Crippen LogP contribution in [-0.4, -0.2) is 24.5 Å². The van der Waals surface area contributed by atoms with Crippen LogP contribution in [0.15, 0.2) is 78.9 Å². The van der Waals surface area contributed by atoms with Crippen molar-refractivity contribution in [3.63, 3.8) is 0 Å². The summed E-state index contributed by atoms with van der Waals surface area (Å²) in [5.74, 6) is 0.422. The van der Waals surface area contributed by atoms with Gasteiger partial charge in [0.15, 0.2) is 0 Å². The first-order valence-corrected chi connectivity index (χ1v) is 10.3. The van der Waals surface area contributed by atoms with Crippen molar-refractivity contribution in [2.75, 3.05) is 22.5 Å². The quantitative estimate of drug-likeness (QED) is 0.449. The second kappa shape index (κ2) is 10.8. The molecule has 0 aromatic heterocycles. The van der Waals surface area contributed by atoms with E-state index in [1.54, 1.807) is 24.3 Å². The van der Waals surface area contributed by atoms with Crippen LogP contribution in [0, 0.1) is 0 Å². The molecule has 0 radical (unpaired) electrons. The Bertz CT molecular complexity index is 1000. The summed E-state index contributed by atoms with van der Waals surface area (Å²) < 4.78 is 5.74. The third-order valence-corrected chi connectivity index (χ3v) is 4.66. The fraction of sp³-hybridized carbons (Fsp3) is 0.200. The average molecular weight is 418 g/mol. The van der Waals surface area contributed by atoms with E-state index in [-0.39, 0.29) is 24.5 Å². The van der Waals surface area contributed by atoms with E-state index in [1.807, 2.05) is 61.5 Å². The highest BCUT2D eigenvalue weighted by Gasteiger charge is 2.07. The van der Waals surface area contributed by atoms with Gasteiger partial charge in [-0.05, 0) is 67.9 Å². The second-order valence-electron chi connectivity index (χ2n) is 7.16. The van der Waals surface area contributed by atoms with Crippen molar-refractivity contribution >= 4 is 28.9 Å². The summed E-state index contributed by atoms with van der Waals surface area (Å²) >= 11 is 0. The molecule has 31 heavy (non-hydrogen) atoms. The number of rotatable bonds is 9. The molecule has 0 heterocycles. The number of nitrogens with one attached hydrogen (secondary N) is 3. The lowest BCUT2D eigenvalue weighted by atomic mass is 10.2. The summed E-state index contributed by atoms with van der Waals surface area (Å²) in [6.45, 7) is 4.18. The first-order valence-electron chi connectivity index (χ1n) is 10.3. The highest BCUT2D eigenvalue weighted by molar-refractivity contribution is 6.04. The number of carbonyl (C=O) groups excluding carboxylic acids is 2. The normalized spacial score (nSPS) is 11.3. The van der Waals surface area contributed by atoms with Gasteiger partial charge in [-0.15, -0.1) is 0 Å². The maximum absolute atomic E-state index is 12.3. The van der Waals surface area contributed by atoms with Crippen molar-refractivity contribution < 1.29 is 14.3 Å². The first-order chi connectivity index (χ1) is 15.0. The zero-order chi connectivity index (χ0) is 22.1. The van der Waals surface area contributed by atoms with Crippen LogP contribution >= 0.6 is 0 Å². The van der Waals surface area contributed by atoms with Gasteiger partial charge < -0.3 is 20.7 Å². The molecule has 3 rings (SSSR count). The van der Waals surface area contributed by atoms with Crippen LogP contribution < -0.4 is 20.7 Å². The summed E-state index contributed by atoms with van der Waals surface area (Å²) in [5.41, 5.74) is 2.67. The number of ether oxygens (including phenoxy) is 1. The standard InChI is InChI=1S/C25H27N3O3/c1-3-18(2)31-23-14-12-20(13-15-23)27-24(29)17-26-21-10-7-11-22(16-21)28-25(30)19-8-5-4-6-9-19/h4-16,18,26H,3,17H2,1-2H3,(H,27,29)(H,28,30). The topological polar surface area (TPSA) is 79.5 Å². The van der Waals surface area contributed by atoms with Crippen molar-refractivity contribution in [2.24, 2.45) is 0 Å². The van der Waals surface area contributed by atoms with Crippen LogP contribution in [0.1, 0.15) is 30.6 Å². The summed E-state index contributed by atoms with van der Waals surface area (Å²) in [6, 6.07) is 23.6. The Labute approximate surface area is 182 Å². The zero-order valence-corrected chi connectivity index (χ0v) is 17.7. The lowest BCUT2D eigenvalue weighted by molar-refractivity contribution is -0.114. The molecule has 3 aromatic rings. The number of hydrogen-bond donors (Lipinski definition) is 3. The third-order valence-electron chi connectivity index (χ3n) is 4.66. The highest BCUT2D eigenvalue weighted by Crippen LogP contribution is 2.18. The van der Waals surface area contributed by atoms with Crippen LogP contribution in [0.5, 0.6) is 5.75 Å². The van der Waals surface area contributed by atoms with Crippen molar-refractivity contribution in [3.8, 4) is 5.75 Å². The van der Waals surface area contributed by atoms with Crippen molar-refractivity contribution in [2.45, 2.75) is 26.4 Å². The molecule has 160 valence electrons. The van der Waals surface area contributed by atoms with E-state index >= 15 is 0 Å². The molecular formula is C25H27N3O3. The van der Waals surface area contributed by atoms with Gasteiger partial charge in [0.1, 0.15) is 5.75 Å². The lowest BCUT2D eigenvalue weighted by Crippen LogP contribution is -2.21. The predicted molar refractivity (Wildman–Crippen MR) is 125 cm³/mol. The van der Waals surface area contributed by atoms with E-state index < -0.39 is 0 Å². The molecule has 0 aliphatic carbocycles. The molecule has 1 unspecified atom stereocenters. The summed E-state index contributed by atoms with van der Waals surface area (Å²) in [6.07, 6.45) is 1.08. The average Bonchev–Trinajstić information content (AvgIpc) is 2.80. The number of benzene rings is 3. The zero-order valence-electron chi connectivity index (χ0n) is 17.7. The Kier molecular flexibility index (Phi) is 7.65. The van der Waals surface area contributed by atoms with Crippen molar-refractivity contribution in [1.29, 1.82) is 0 Å². The molecule has 6 nitrogen and oxygen atoms in total. The van der Waals surface area contributed by atoms with Gasteiger partial charge in [0.05, 0.1) is 12.6 Å². The number of hydrogen-bond acceptors (Lipinski definition) is 4. The highest BCUT2D eigenvalue weighted by atomic mass is 16.5. The van der Waals surface area contributed by atoms with Gasteiger partial charge in [0.25, 0.3) is 5.91 Å². The van der Waals surface area contributed by atoms with Crippen LogP contribution in [0.4, 0.5) is 17.1 Å². The predicted octanol–water partition coefficient (Wildman–Crippen LogP) is 5.17. The molecule has 3 N–H and O–H groups in total. The summed E-state index contributed by atoms with van der Waals surface area (Å²) in [7, 11) is 0. The Morgan fingerprint density at radius 1 is 0.839 bits per heavy atom. The molecule has 0 spiro atoms. The molecule has 0 aliphatic heterocycles. The molecule has 1 atom stereocenters. The number of amides is 2. The molecule has 0 fully saturated rings. The second-order valence-corrected chi connectivity index (χ2v) is 7.16. The van der Waals surface area contributed by atoms with E-state index in [1.165, 1.54) is 0 Å². The van der Waals surface area contributed by atoms with E-state index in [2.05, 4.69) is 22.9 Å². The molecule has 2 amide bonds. The Morgan fingerprint density at radius 2 is 1.55 bits per heavy atom. The Balaban J connectivity index is 1.50. The SMILES string of the molecule is CCC(C)Oc1ccc(NC(=O)CNc2cccc(NC(=O)c3ccccc3)c2)cc1. The van der Waals surface area contributed by atoms with E-state index in [0.717, 1.165) is 17.9 Å². The molecule has 3 aromatic carbocycles. The van der Waals surface area contributed by atoms with Crippen LogP contribution in [0.25, 0.3) is 0 Å². The fourth-order valence-corrected chi connectivity index (χ4v) is 2.82. The molecule has 0 aliphatic rings. The monoisotopic (exact) mass is 417 g/mol.